The van der Waals surface area contributed by atoms with E-state index in [1.165, 1.54) is 0 Å². The predicted molar refractivity (Wildman–Crippen MR) is 99.2 cm³/mol. The highest BCUT2D eigenvalue weighted by Gasteiger charge is 2.17. The van der Waals surface area contributed by atoms with Crippen molar-refractivity contribution in [3.05, 3.63) is 76.8 Å². The molecule has 0 radical (unpaired) electrons. The lowest BCUT2D eigenvalue weighted by atomic mass is 10.1. The Morgan fingerprint density at radius 3 is 2.71 bits per heavy atom. The van der Waals surface area contributed by atoms with Gasteiger partial charge in [-0.05, 0) is 29.8 Å². The van der Waals surface area contributed by atoms with Crippen molar-refractivity contribution in [1.82, 2.24) is 0 Å². The molecule has 3 rings (SSSR count). The lowest BCUT2D eigenvalue weighted by Crippen LogP contribution is -1.96. The van der Waals surface area contributed by atoms with Crippen LogP contribution < -0.4 is 4.74 Å². The summed E-state index contributed by atoms with van der Waals surface area (Å²) in [5.41, 5.74) is 2.94. The second-order valence-electron chi connectivity index (χ2n) is 5.29. The first kappa shape index (κ1) is 16.3. The van der Waals surface area contributed by atoms with Crippen LogP contribution in [-0.4, -0.2) is 19.6 Å². The van der Waals surface area contributed by atoms with Crippen LogP contribution in [0.1, 0.15) is 12.0 Å². The van der Waals surface area contributed by atoms with Crippen LogP contribution in [0.2, 0.25) is 5.02 Å². The molecule has 122 valence electrons. The summed E-state index contributed by atoms with van der Waals surface area (Å²) in [6.45, 7) is 0.647. The van der Waals surface area contributed by atoms with Gasteiger partial charge in [-0.3, -0.25) is 0 Å². The van der Waals surface area contributed by atoms with Crippen LogP contribution in [0.4, 0.5) is 5.69 Å². The van der Waals surface area contributed by atoms with Crippen molar-refractivity contribution in [2.24, 2.45) is 4.99 Å². The number of benzene rings is 2. The summed E-state index contributed by atoms with van der Waals surface area (Å²) >= 11 is 5.89. The molecule has 0 saturated carbocycles. The standard InChI is InChI=1S/C20H18ClNO2/c1-23-19-8-3-2-7-18(19)22-20-16(13-14-24-20)6-4-5-15-9-11-17(21)12-10-15/h2-12H,13-14H2,1H3/b5-4+,16-6+,22-20?. The average Bonchev–Trinajstić information content (AvgIpc) is 3.04. The van der Waals surface area contributed by atoms with Crippen LogP contribution in [0.25, 0.3) is 6.08 Å². The van der Waals surface area contributed by atoms with Gasteiger partial charge in [-0.25, -0.2) is 4.99 Å². The maximum Gasteiger partial charge on any atom is 0.217 e. The maximum absolute atomic E-state index is 5.89. The molecule has 1 aliphatic heterocycles. The van der Waals surface area contributed by atoms with E-state index >= 15 is 0 Å². The molecule has 3 nitrogen and oxygen atoms in total. The highest BCUT2D eigenvalue weighted by molar-refractivity contribution is 6.30. The van der Waals surface area contributed by atoms with Gasteiger partial charge in [0.2, 0.25) is 5.90 Å². The van der Waals surface area contributed by atoms with Crippen molar-refractivity contribution in [2.45, 2.75) is 6.42 Å². The minimum atomic E-state index is 0.647. The van der Waals surface area contributed by atoms with Gasteiger partial charge < -0.3 is 9.47 Å². The zero-order valence-corrected chi connectivity index (χ0v) is 14.2. The molecule has 24 heavy (non-hydrogen) atoms. The van der Waals surface area contributed by atoms with Crippen LogP contribution >= 0.6 is 11.6 Å². The molecule has 1 fully saturated rings. The first-order chi connectivity index (χ1) is 11.8. The van der Waals surface area contributed by atoms with Gasteiger partial charge in [0.1, 0.15) is 11.4 Å². The zero-order valence-electron chi connectivity index (χ0n) is 13.4. The van der Waals surface area contributed by atoms with Crippen molar-refractivity contribution in [1.29, 1.82) is 0 Å². The number of methoxy groups -OCH3 is 1. The van der Waals surface area contributed by atoms with Crippen LogP contribution in [0.15, 0.2) is 71.2 Å². The van der Waals surface area contributed by atoms with Gasteiger partial charge >= 0.3 is 0 Å². The van der Waals surface area contributed by atoms with E-state index in [0.29, 0.717) is 12.5 Å². The summed E-state index contributed by atoms with van der Waals surface area (Å²) in [4.78, 5) is 4.60. The number of hydrogen-bond donors (Lipinski definition) is 0. The number of rotatable bonds is 4. The van der Waals surface area contributed by atoms with Gasteiger partial charge in [-0.1, -0.05) is 54.1 Å². The molecular formula is C20H18ClNO2. The molecule has 2 aromatic rings. The summed E-state index contributed by atoms with van der Waals surface area (Å²) < 4.78 is 11.0. The van der Waals surface area contributed by atoms with Crippen LogP contribution in [0.3, 0.4) is 0 Å². The first-order valence-corrected chi connectivity index (χ1v) is 8.12. The van der Waals surface area contributed by atoms with Crippen LogP contribution in [0, 0.1) is 0 Å². The number of halogens is 1. The van der Waals surface area contributed by atoms with Gasteiger partial charge in [0.05, 0.1) is 13.7 Å². The first-order valence-electron chi connectivity index (χ1n) is 7.74. The lowest BCUT2D eigenvalue weighted by molar-refractivity contribution is 0.343. The molecule has 0 aliphatic carbocycles. The van der Waals surface area contributed by atoms with E-state index in [1.807, 2.05) is 66.8 Å². The number of nitrogens with zero attached hydrogens (tertiary/aromatic N) is 1. The number of ether oxygens (including phenoxy) is 2. The summed E-state index contributed by atoms with van der Waals surface area (Å²) in [6.07, 6.45) is 6.92. The van der Waals surface area contributed by atoms with E-state index in [0.717, 1.165) is 34.0 Å². The Bertz CT molecular complexity index is 792. The van der Waals surface area contributed by atoms with Gasteiger partial charge in [-0.15, -0.1) is 0 Å². The topological polar surface area (TPSA) is 30.8 Å². The molecular weight excluding hydrogens is 322 g/mol. The van der Waals surface area contributed by atoms with Gasteiger partial charge in [0, 0.05) is 17.0 Å². The van der Waals surface area contributed by atoms with Gasteiger partial charge in [-0.2, -0.15) is 0 Å². The third-order valence-electron chi connectivity index (χ3n) is 3.65. The number of para-hydroxylation sites is 2. The normalized spacial score (nSPS) is 17.6. The smallest absolute Gasteiger partial charge is 0.217 e. The Hall–Kier alpha value is -2.52. The fraction of sp³-hybridized carbons (Fsp3) is 0.150. The highest BCUT2D eigenvalue weighted by Crippen LogP contribution is 2.29. The van der Waals surface area contributed by atoms with Crippen molar-refractivity contribution < 1.29 is 9.47 Å². The van der Waals surface area contributed by atoms with Crippen molar-refractivity contribution >= 4 is 29.3 Å². The Labute approximate surface area is 146 Å². The Kier molecular flexibility index (Phi) is 5.34. The predicted octanol–water partition coefficient (Wildman–Crippen LogP) is 5.44. The van der Waals surface area contributed by atoms with E-state index in [4.69, 9.17) is 21.1 Å². The van der Waals surface area contributed by atoms with Gasteiger partial charge in [0.15, 0.2) is 0 Å². The molecule has 0 aromatic heterocycles. The minimum Gasteiger partial charge on any atom is -0.494 e. The van der Waals surface area contributed by atoms with Crippen LogP contribution in [-0.2, 0) is 4.74 Å². The second-order valence-corrected chi connectivity index (χ2v) is 5.73. The summed E-state index contributed by atoms with van der Waals surface area (Å²) in [5, 5.41) is 0.737. The molecule has 0 unspecified atom stereocenters. The summed E-state index contributed by atoms with van der Waals surface area (Å²) in [6, 6.07) is 15.4. The van der Waals surface area contributed by atoms with E-state index in [9.17, 15) is 0 Å². The van der Waals surface area contributed by atoms with Gasteiger partial charge in [0.25, 0.3) is 0 Å². The second kappa shape index (κ2) is 7.84. The molecule has 2 aromatic carbocycles. The Morgan fingerprint density at radius 1 is 1.12 bits per heavy atom. The molecule has 1 aliphatic rings. The summed E-state index contributed by atoms with van der Waals surface area (Å²) in [7, 11) is 1.64. The fourth-order valence-corrected chi connectivity index (χ4v) is 2.52. The Balaban J connectivity index is 1.79. The average molecular weight is 340 g/mol. The molecule has 4 heteroatoms. The van der Waals surface area contributed by atoms with E-state index in [2.05, 4.69) is 4.99 Å². The highest BCUT2D eigenvalue weighted by atomic mass is 35.5. The van der Waals surface area contributed by atoms with Crippen molar-refractivity contribution in [3.63, 3.8) is 0 Å². The monoisotopic (exact) mass is 339 g/mol. The largest absolute Gasteiger partial charge is 0.494 e. The number of aliphatic imine (C=N–C) groups is 1. The molecule has 1 heterocycles. The maximum atomic E-state index is 5.89. The third-order valence-corrected chi connectivity index (χ3v) is 3.90. The number of allylic oxidation sites excluding steroid dienone is 2. The molecule has 0 atom stereocenters. The summed E-state index contributed by atoms with van der Waals surface area (Å²) in [5.74, 6) is 1.39. The molecule has 1 saturated heterocycles. The third kappa shape index (κ3) is 4.06. The zero-order chi connectivity index (χ0) is 16.8. The van der Waals surface area contributed by atoms with E-state index < -0.39 is 0 Å². The number of hydrogen-bond acceptors (Lipinski definition) is 3. The quantitative estimate of drug-likeness (QED) is 0.742. The van der Waals surface area contributed by atoms with E-state index in [1.54, 1.807) is 7.11 Å². The minimum absolute atomic E-state index is 0.647. The SMILES string of the molecule is COc1ccccc1N=C1OCC/C1=C\C=C\c1ccc(Cl)cc1. The van der Waals surface area contributed by atoms with Crippen molar-refractivity contribution in [2.75, 3.05) is 13.7 Å². The lowest BCUT2D eigenvalue weighted by Gasteiger charge is -2.05. The fourth-order valence-electron chi connectivity index (χ4n) is 2.40. The molecule has 0 N–H and O–H groups in total. The molecule has 0 bridgehead atoms. The molecule has 0 spiro atoms. The Morgan fingerprint density at radius 2 is 1.92 bits per heavy atom. The molecule has 0 amide bonds. The van der Waals surface area contributed by atoms with Crippen LogP contribution in [0.5, 0.6) is 5.75 Å². The van der Waals surface area contributed by atoms with Crippen molar-refractivity contribution in [3.8, 4) is 5.75 Å². The van der Waals surface area contributed by atoms with E-state index in [-0.39, 0.29) is 0 Å².